The highest BCUT2D eigenvalue weighted by molar-refractivity contribution is 9.10. The first kappa shape index (κ1) is 20.4. The molecule has 3 nitrogen and oxygen atoms in total. The van der Waals surface area contributed by atoms with Gasteiger partial charge in [0, 0.05) is 14.5 Å². The molecule has 148 valence electrons. The van der Waals surface area contributed by atoms with Crippen molar-refractivity contribution in [2.75, 3.05) is 0 Å². The first-order chi connectivity index (χ1) is 14.6. The fourth-order valence-electron chi connectivity index (χ4n) is 2.90. The van der Waals surface area contributed by atoms with Crippen LogP contribution in [0.4, 0.5) is 0 Å². The number of hydrogen-bond acceptors (Lipinski definition) is 3. The fourth-order valence-corrected chi connectivity index (χ4v) is 3.65. The third-order valence-corrected chi connectivity index (χ3v) is 5.29. The number of carbonyl (C=O) groups is 1. The number of hydrogen-bond donors (Lipinski definition) is 0. The largest absolute Gasteiger partial charge is 0.457 e. The van der Waals surface area contributed by atoms with Crippen molar-refractivity contribution >= 4 is 37.6 Å². The van der Waals surface area contributed by atoms with Crippen LogP contribution in [0.5, 0.6) is 23.0 Å². The fraction of sp³-hybridized carbons (Fsp3) is 0. The Hall–Kier alpha value is -2.89. The van der Waals surface area contributed by atoms with Crippen molar-refractivity contribution in [1.29, 1.82) is 0 Å². The van der Waals surface area contributed by atoms with Crippen molar-refractivity contribution in [1.82, 2.24) is 0 Å². The third kappa shape index (κ3) is 4.99. The van der Waals surface area contributed by atoms with Crippen LogP contribution in [0.25, 0.3) is 0 Å². The van der Waals surface area contributed by atoms with E-state index in [2.05, 4.69) is 31.9 Å². The van der Waals surface area contributed by atoms with Crippen molar-refractivity contribution in [3.63, 3.8) is 0 Å². The van der Waals surface area contributed by atoms with Gasteiger partial charge in [0.1, 0.15) is 23.0 Å². The van der Waals surface area contributed by atoms with Crippen molar-refractivity contribution in [3.05, 3.63) is 117 Å². The number of rotatable bonds is 6. The quantitative estimate of drug-likeness (QED) is 0.240. The Kier molecular flexibility index (Phi) is 6.31. The van der Waals surface area contributed by atoms with Crippen LogP contribution >= 0.6 is 31.9 Å². The van der Waals surface area contributed by atoms with Gasteiger partial charge >= 0.3 is 0 Å². The molecule has 0 aliphatic rings. The zero-order chi connectivity index (χ0) is 20.9. The van der Waals surface area contributed by atoms with E-state index in [1.54, 1.807) is 36.4 Å². The van der Waals surface area contributed by atoms with E-state index in [1.165, 1.54) is 0 Å². The maximum atomic E-state index is 13.1. The summed E-state index contributed by atoms with van der Waals surface area (Å²) in [6, 6.07) is 29.4. The van der Waals surface area contributed by atoms with Gasteiger partial charge in [-0.05, 0) is 72.8 Å². The van der Waals surface area contributed by atoms with Crippen LogP contribution in [-0.4, -0.2) is 5.78 Å². The standard InChI is InChI=1S/C25H16Br2O3/c26-18-5-3-7-21(15-18)29-20-13-11-17(12-14-20)25(28)23-9-1-2-10-24(23)30-22-8-4-6-19(27)16-22/h1-16H. The minimum absolute atomic E-state index is 0.116. The van der Waals surface area contributed by atoms with E-state index in [9.17, 15) is 4.79 Å². The van der Waals surface area contributed by atoms with E-state index >= 15 is 0 Å². The summed E-state index contributed by atoms with van der Waals surface area (Å²) in [6.45, 7) is 0. The lowest BCUT2D eigenvalue weighted by Gasteiger charge is -2.11. The van der Waals surface area contributed by atoms with Crippen LogP contribution in [-0.2, 0) is 0 Å². The number of ether oxygens (including phenoxy) is 2. The van der Waals surface area contributed by atoms with Crippen LogP contribution in [0, 0.1) is 0 Å². The molecule has 0 unspecified atom stereocenters. The smallest absolute Gasteiger partial charge is 0.196 e. The van der Waals surface area contributed by atoms with Crippen molar-refractivity contribution in [3.8, 4) is 23.0 Å². The molecule has 0 atom stereocenters. The summed E-state index contributed by atoms with van der Waals surface area (Å²) in [4.78, 5) is 13.1. The molecular formula is C25H16Br2O3. The Bertz CT molecular complexity index is 1190. The molecule has 4 rings (SSSR count). The second-order valence-corrected chi connectivity index (χ2v) is 8.30. The van der Waals surface area contributed by atoms with E-state index in [0.29, 0.717) is 28.4 Å². The van der Waals surface area contributed by atoms with Gasteiger partial charge in [0.15, 0.2) is 5.78 Å². The molecule has 0 bridgehead atoms. The summed E-state index contributed by atoms with van der Waals surface area (Å²) in [5.74, 6) is 2.42. The van der Waals surface area contributed by atoms with Crippen LogP contribution in [0.3, 0.4) is 0 Å². The molecule has 0 N–H and O–H groups in total. The molecular weight excluding hydrogens is 508 g/mol. The Balaban J connectivity index is 1.54. The molecule has 4 aromatic carbocycles. The van der Waals surface area contributed by atoms with Gasteiger partial charge < -0.3 is 9.47 Å². The Morgan fingerprint density at radius 2 is 1.20 bits per heavy atom. The molecule has 0 radical (unpaired) electrons. The van der Waals surface area contributed by atoms with Crippen LogP contribution in [0.1, 0.15) is 15.9 Å². The zero-order valence-electron chi connectivity index (χ0n) is 15.7. The van der Waals surface area contributed by atoms with Gasteiger partial charge in [-0.2, -0.15) is 0 Å². The van der Waals surface area contributed by atoms with Crippen LogP contribution in [0.2, 0.25) is 0 Å². The van der Waals surface area contributed by atoms with E-state index in [-0.39, 0.29) is 5.78 Å². The van der Waals surface area contributed by atoms with E-state index < -0.39 is 0 Å². The summed E-state index contributed by atoms with van der Waals surface area (Å²) >= 11 is 6.86. The summed E-state index contributed by atoms with van der Waals surface area (Å²) in [5, 5.41) is 0. The Morgan fingerprint density at radius 1 is 0.600 bits per heavy atom. The van der Waals surface area contributed by atoms with Gasteiger partial charge in [-0.25, -0.2) is 0 Å². The lowest BCUT2D eigenvalue weighted by Crippen LogP contribution is -2.03. The molecule has 0 saturated heterocycles. The molecule has 0 fully saturated rings. The number of para-hydroxylation sites is 1. The molecule has 0 aliphatic carbocycles. The van der Waals surface area contributed by atoms with Crippen LogP contribution in [0.15, 0.2) is 106 Å². The minimum atomic E-state index is -0.116. The van der Waals surface area contributed by atoms with Gasteiger partial charge in [-0.1, -0.05) is 56.1 Å². The average molecular weight is 524 g/mol. The predicted molar refractivity (Wildman–Crippen MR) is 125 cm³/mol. The predicted octanol–water partition coefficient (Wildman–Crippen LogP) is 8.03. The van der Waals surface area contributed by atoms with Crippen molar-refractivity contribution < 1.29 is 14.3 Å². The molecule has 0 aliphatic heterocycles. The number of carbonyl (C=O) groups excluding carboxylic acids is 1. The second kappa shape index (κ2) is 9.28. The molecule has 0 heterocycles. The Morgan fingerprint density at radius 3 is 1.83 bits per heavy atom. The zero-order valence-corrected chi connectivity index (χ0v) is 18.9. The lowest BCUT2D eigenvalue weighted by atomic mass is 10.0. The van der Waals surface area contributed by atoms with E-state index in [4.69, 9.17) is 9.47 Å². The van der Waals surface area contributed by atoms with Gasteiger partial charge in [-0.15, -0.1) is 0 Å². The summed E-state index contributed by atoms with van der Waals surface area (Å²) in [7, 11) is 0. The monoisotopic (exact) mass is 522 g/mol. The van der Waals surface area contributed by atoms with Crippen LogP contribution < -0.4 is 9.47 Å². The van der Waals surface area contributed by atoms with Crippen molar-refractivity contribution in [2.24, 2.45) is 0 Å². The molecule has 30 heavy (non-hydrogen) atoms. The molecule has 0 amide bonds. The summed E-state index contributed by atoms with van der Waals surface area (Å²) < 4.78 is 13.7. The molecule has 0 spiro atoms. The molecule has 4 aromatic rings. The van der Waals surface area contributed by atoms with Gasteiger partial charge in [0.2, 0.25) is 0 Å². The maximum absolute atomic E-state index is 13.1. The maximum Gasteiger partial charge on any atom is 0.196 e. The van der Waals surface area contributed by atoms with E-state index in [1.807, 2.05) is 60.7 Å². The third-order valence-electron chi connectivity index (χ3n) is 4.30. The number of ketones is 1. The number of halogens is 2. The normalized spacial score (nSPS) is 10.5. The second-order valence-electron chi connectivity index (χ2n) is 6.47. The minimum Gasteiger partial charge on any atom is -0.457 e. The molecule has 0 saturated carbocycles. The highest BCUT2D eigenvalue weighted by atomic mass is 79.9. The Labute approximate surface area is 191 Å². The van der Waals surface area contributed by atoms with Gasteiger partial charge in [0.25, 0.3) is 0 Å². The summed E-state index contributed by atoms with van der Waals surface area (Å²) in [6.07, 6.45) is 0. The average Bonchev–Trinajstić information content (AvgIpc) is 2.74. The first-order valence-corrected chi connectivity index (χ1v) is 10.8. The highest BCUT2D eigenvalue weighted by Crippen LogP contribution is 2.30. The molecule has 5 heteroatoms. The van der Waals surface area contributed by atoms with Crippen molar-refractivity contribution in [2.45, 2.75) is 0 Å². The molecule has 0 aromatic heterocycles. The van der Waals surface area contributed by atoms with Gasteiger partial charge in [0.05, 0.1) is 5.56 Å². The SMILES string of the molecule is O=C(c1ccc(Oc2cccc(Br)c2)cc1)c1ccccc1Oc1cccc(Br)c1. The topological polar surface area (TPSA) is 35.5 Å². The first-order valence-electron chi connectivity index (χ1n) is 9.19. The summed E-state index contributed by atoms with van der Waals surface area (Å²) in [5.41, 5.74) is 1.06. The van der Waals surface area contributed by atoms with Gasteiger partial charge in [-0.3, -0.25) is 4.79 Å². The van der Waals surface area contributed by atoms with E-state index in [0.717, 1.165) is 14.7 Å². The number of benzene rings is 4. The lowest BCUT2D eigenvalue weighted by molar-refractivity contribution is 0.103. The highest BCUT2D eigenvalue weighted by Gasteiger charge is 2.15.